The van der Waals surface area contributed by atoms with Crippen LogP contribution in [0.5, 0.6) is 0 Å². The van der Waals surface area contributed by atoms with E-state index < -0.39 is 0 Å². The van der Waals surface area contributed by atoms with Crippen LogP contribution >= 0.6 is 22.9 Å². The van der Waals surface area contributed by atoms with Gasteiger partial charge in [0.15, 0.2) is 0 Å². The largest absolute Gasteiger partial charge is 0.332 e. The number of aryl methyl sites for hydroxylation is 3. The molecule has 2 amide bonds. The number of aromatic nitrogens is 2. The molecule has 0 aliphatic heterocycles. The van der Waals surface area contributed by atoms with Crippen LogP contribution in [0.3, 0.4) is 0 Å². The highest BCUT2D eigenvalue weighted by atomic mass is 35.5. The lowest BCUT2D eigenvalue weighted by molar-refractivity contribution is -0.116. The molecule has 0 aliphatic rings. The maximum absolute atomic E-state index is 12.9. The Bertz CT molecular complexity index is 1060. The number of carbonyl (C=O) groups excluding carboxylic acids is 2. The number of halogens is 1. The van der Waals surface area contributed by atoms with Crippen molar-refractivity contribution in [2.45, 2.75) is 27.2 Å². The van der Waals surface area contributed by atoms with Gasteiger partial charge < -0.3 is 10.2 Å². The van der Waals surface area contributed by atoms with E-state index in [-0.39, 0.29) is 18.4 Å². The fraction of sp³-hybridized carbons (Fsp3) is 0.300. The zero-order chi connectivity index (χ0) is 20.4. The number of hydrogen-bond acceptors (Lipinski definition) is 5. The summed E-state index contributed by atoms with van der Waals surface area (Å²) in [6, 6.07) is 6.88. The molecule has 2 aromatic heterocycles. The molecule has 1 N–H and O–H groups in total. The number of nitrogens with zero attached hydrogens (tertiary/aromatic N) is 3. The number of anilines is 1. The molecule has 0 bridgehead atoms. The highest BCUT2D eigenvalue weighted by Gasteiger charge is 2.22. The predicted octanol–water partition coefficient (Wildman–Crippen LogP) is 4.23. The van der Waals surface area contributed by atoms with E-state index in [0.717, 1.165) is 33.7 Å². The van der Waals surface area contributed by atoms with Crippen molar-refractivity contribution in [3.63, 3.8) is 0 Å². The summed E-state index contributed by atoms with van der Waals surface area (Å²) in [7, 11) is 1.61. The van der Waals surface area contributed by atoms with Crippen LogP contribution in [0.2, 0.25) is 5.02 Å². The first-order valence-electron chi connectivity index (χ1n) is 8.87. The number of nitrogens with one attached hydrogen (secondary N) is 1. The Morgan fingerprint density at radius 3 is 2.68 bits per heavy atom. The molecule has 0 radical (unpaired) electrons. The van der Waals surface area contributed by atoms with Gasteiger partial charge in [0.25, 0.3) is 5.91 Å². The van der Waals surface area contributed by atoms with Gasteiger partial charge >= 0.3 is 0 Å². The molecule has 2 heterocycles. The number of amides is 2. The lowest BCUT2D eigenvalue weighted by Gasteiger charge is -2.16. The van der Waals surface area contributed by atoms with Crippen LogP contribution in [0.25, 0.3) is 10.2 Å². The molecule has 1 aromatic carbocycles. The Labute approximate surface area is 172 Å². The molecular formula is C20H21ClN4O2S. The molecular weight excluding hydrogens is 396 g/mol. The molecule has 0 saturated carbocycles. The number of thiophene rings is 1. The van der Waals surface area contributed by atoms with E-state index in [4.69, 9.17) is 11.6 Å². The summed E-state index contributed by atoms with van der Waals surface area (Å²) < 4.78 is 0. The summed E-state index contributed by atoms with van der Waals surface area (Å²) in [6.45, 7) is 5.76. The van der Waals surface area contributed by atoms with Crippen LogP contribution in [0.4, 0.5) is 5.69 Å². The van der Waals surface area contributed by atoms with Crippen LogP contribution in [0.15, 0.2) is 24.3 Å². The van der Waals surface area contributed by atoms with Crippen molar-refractivity contribution in [3.8, 4) is 0 Å². The first-order valence-corrected chi connectivity index (χ1v) is 10.1. The Kier molecular flexibility index (Phi) is 5.96. The van der Waals surface area contributed by atoms with Gasteiger partial charge in [0.1, 0.15) is 10.7 Å². The van der Waals surface area contributed by atoms with Gasteiger partial charge in [-0.25, -0.2) is 9.97 Å². The van der Waals surface area contributed by atoms with E-state index in [1.807, 2.05) is 20.8 Å². The molecule has 3 aromatic rings. The zero-order valence-corrected chi connectivity index (χ0v) is 17.7. The lowest BCUT2D eigenvalue weighted by Crippen LogP contribution is -2.34. The summed E-state index contributed by atoms with van der Waals surface area (Å²) in [5.74, 6) is 0.264. The number of fused-ring (bicyclic) bond motifs is 1. The minimum atomic E-state index is -0.291. The third-order valence-electron chi connectivity index (χ3n) is 4.36. The topological polar surface area (TPSA) is 75.2 Å². The maximum Gasteiger partial charge on any atom is 0.264 e. The van der Waals surface area contributed by atoms with Crippen molar-refractivity contribution in [3.05, 3.63) is 51.2 Å². The minimum absolute atomic E-state index is 0.0656. The monoisotopic (exact) mass is 416 g/mol. The molecule has 0 spiro atoms. The second kappa shape index (κ2) is 8.24. The number of rotatable bonds is 5. The molecule has 146 valence electrons. The average molecular weight is 417 g/mol. The van der Waals surface area contributed by atoms with Gasteiger partial charge in [0.2, 0.25) is 5.91 Å². The fourth-order valence-corrected chi connectivity index (χ4v) is 4.42. The molecule has 0 aliphatic carbocycles. The lowest BCUT2D eigenvalue weighted by atomic mass is 10.1. The maximum atomic E-state index is 12.9. The van der Waals surface area contributed by atoms with Crippen molar-refractivity contribution in [1.29, 1.82) is 0 Å². The molecule has 0 saturated heterocycles. The van der Waals surface area contributed by atoms with E-state index in [1.54, 1.807) is 31.3 Å². The third-order valence-corrected chi connectivity index (χ3v) is 5.77. The average Bonchev–Trinajstić information content (AvgIpc) is 2.97. The van der Waals surface area contributed by atoms with Gasteiger partial charge in [-0.05, 0) is 37.6 Å². The highest BCUT2D eigenvalue weighted by Crippen LogP contribution is 2.32. The van der Waals surface area contributed by atoms with Crippen molar-refractivity contribution in [1.82, 2.24) is 14.9 Å². The Hall–Kier alpha value is -2.51. The van der Waals surface area contributed by atoms with Crippen molar-refractivity contribution >= 4 is 50.7 Å². The summed E-state index contributed by atoms with van der Waals surface area (Å²) >= 11 is 7.28. The van der Waals surface area contributed by atoms with E-state index >= 15 is 0 Å². The zero-order valence-electron chi connectivity index (χ0n) is 16.2. The van der Waals surface area contributed by atoms with E-state index in [0.29, 0.717) is 15.6 Å². The van der Waals surface area contributed by atoms with Gasteiger partial charge in [-0.2, -0.15) is 0 Å². The SMILES string of the molecule is CCc1nc(C)c2c(C)c(C(=O)N(C)CC(=O)Nc3cccc(Cl)c3)sc2n1. The van der Waals surface area contributed by atoms with Crippen LogP contribution in [-0.4, -0.2) is 40.3 Å². The molecule has 3 rings (SSSR count). The van der Waals surface area contributed by atoms with Crippen LogP contribution in [0, 0.1) is 13.8 Å². The second-order valence-corrected chi connectivity index (χ2v) is 7.97. The van der Waals surface area contributed by atoms with Crippen LogP contribution in [0.1, 0.15) is 33.7 Å². The van der Waals surface area contributed by atoms with Gasteiger partial charge in [0, 0.05) is 35.3 Å². The third kappa shape index (κ3) is 4.15. The normalized spacial score (nSPS) is 10.9. The van der Waals surface area contributed by atoms with Gasteiger partial charge in [-0.3, -0.25) is 9.59 Å². The highest BCUT2D eigenvalue weighted by molar-refractivity contribution is 7.20. The van der Waals surface area contributed by atoms with Crippen LogP contribution < -0.4 is 5.32 Å². The number of likely N-dealkylation sites (N-methyl/N-ethyl adjacent to an activating group) is 1. The summed E-state index contributed by atoms with van der Waals surface area (Å²) in [5.41, 5.74) is 2.32. The quantitative estimate of drug-likeness (QED) is 0.675. The van der Waals surface area contributed by atoms with Gasteiger partial charge in [-0.1, -0.05) is 24.6 Å². The molecule has 0 atom stereocenters. The second-order valence-electron chi connectivity index (χ2n) is 6.53. The molecule has 6 nitrogen and oxygen atoms in total. The fourth-order valence-electron chi connectivity index (χ4n) is 2.98. The predicted molar refractivity (Wildman–Crippen MR) is 113 cm³/mol. The number of hydrogen-bond donors (Lipinski definition) is 1. The van der Waals surface area contributed by atoms with Crippen molar-refractivity contribution in [2.75, 3.05) is 18.9 Å². The molecule has 8 heteroatoms. The van der Waals surface area contributed by atoms with Crippen LogP contribution in [-0.2, 0) is 11.2 Å². The van der Waals surface area contributed by atoms with Crippen molar-refractivity contribution in [2.24, 2.45) is 0 Å². The molecule has 0 unspecified atom stereocenters. The first kappa shape index (κ1) is 20.2. The molecule has 28 heavy (non-hydrogen) atoms. The van der Waals surface area contributed by atoms with E-state index in [2.05, 4.69) is 15.3 Å². The summed E-state index contributed by atoms with van der Waals surface area (Å²) in [4.78, 5) is 37.1. The van der Waals surface area contributed by atoms with E-state index in [9.17, 15) is 9.59 Å². The number of carbonyl (C=O) groups is 2. The molecule has 0 fully saturated rings. The first-order chi connectivity index (χ1) is 13.3. The Balaban J connectivity index is 1.78. The summed E-state index contributed by atoms with van der Waals surface area (Å²) in [6.07, 6.45) is 0.737. The Morgan fingerprint density at radius 2 is 2.00 bits per heavy atom. The van der Waals surface area contributed by atoms with Gasteiger partial charge in [0.05, 0.1) is 11.4 Å². The minimum Gasteiger partial charge on any atom is -0.332 e. The smallest absolute Gasteiger partial charge is 0.264 e. The summed E-state index contributed by atoms with van der Waals surface area (Å²) in [5, 5.41) is 4.20. The standard InChI is InChI=1S/C20H21ClN4O2S/c1-5-15-22-12(3)17-11(2)18(28-19(17)24-15)20(27)25(4)10-16(26)23-14-8-6-7-13(21)9-14/h6-9H,5,10H2,1-4H3,(H,23,26). The number of benzene rings is 1. The van der Waals surface area contributed by atoms with E-state index in [1.165, 1.54) is 16.2 Å². The Morgan fingerprint density at radius 1 is 1.25 bits per heavy atom. The van der Waals surface area contributed by atoms with Crippen molar-refractivity contribution < 1.29 is 9.59 Å². The van der Waals surface area contributed by atoms with Gasteiger partial charge in [-0.15, -0.1) is 11.3 Å².